The van der Waals surface area contributed by atoms with Gasteiger partial charge in [-0.2, -0.15) is 0 Å². The Balaban J connectivity index is 1.79. The van der Waals surface area contributed by atoms with Crippen LogP contribution in [0.2, 0.25) is 0 Å². The number of nitrogens with one attached hydrogen (secondary N) is 3. The summed E-state index contributed by atoms with van der Waals surface area (Å²) in [6.45, 7) is 0.301. The predicted octanol–water partition coefficient (Wildman–Crippen LogP) is 2.77. The molecule has 2 aromatic carbocycles. The molecule has 0 saturated heterocycles. The number of hydrogen-bond donors (Lipinski definition) is 3. The zero-order chi connectivity index (χ0) is 18.4. The van der Waals surface area contributed by atoms with Crippen LogP contribution in [0.5, 0.6) is 0 Å². The zero-order valence-corrected chi connectivity index (χ0v) is 14.5. The van der Waals surface area contributed by atoms with Crippen LogP contribution < -0.4 is 10.6 Å². The molecule has 134 valence electrons. The first kappa shape index (κ1) is 17.5. The zero-order valence-electron chi connectivity index (χ0n) is 14.5. The van der Waals surface area contributed by atoms with Crippen LogP contribution in [0.1, 0.15) is 17.0 Å². The SMILES string of the molecule is COC(=O)NCC(=O)NC[C@@H](c1ccccc1)c1c[nH]c2ccccc12. The molecule has 0 radical (unpaired) electrons. The number of alkyl carbamates (subject to hydrolysis) is 1. The third kappa shape index (κ3) is 4.03. The molecule has 1 atom stereocenters. The van der Waals surface area contributed by atoms with Crippen LogP contribution in [-0.2, 0) is 9.53 Å². The van der Waals surface area contributed by atoms with Gasteiger partial charge < -0.3 is 20.4 Å². The number of methoxy groups -OCH3 is 1. The Labute approximate surface area is 151 Å². The minimum atomic E-state index is -0.628. The number of aromatic amines is 1. The number of carbonyl (C=O) groups excluding carboxylic acids is 2. The molecule has 0 aliphatic carbocycles. The molecule has 0 unspecified atom stereocenters. The molecule has 26 heavy (non-hydrogen) atoms. The van der Waals surface area contributed by atoms with Gasteiger partial charge in [-0.3, -0.25) is 4.79 Å². The lowest BCUT2D eigenvalue weighted by molar-refractivity contribution is -0.120. The van der Waals surface area contributed by atoms with E-state index in [1.807, 2.05) is 54.7 Å². The highest BCUT2D eigenvalue weighted by Crippen LogP contribution is 2.30. The quantitative estimate of drug-likeness (QED) is 0.638. The second-order valence-corrected chi connectivity index (χ2v) is 5.90. The number of amides is 2. The Morgan fingerprint density at radius 2 is 1.77 bits per heavy atom. The van der Waals surface area contributed by atoms with Crippen molar-refractivity contribution in [3.05, 3.63) is 71.9 Å². The molecule has 3 N–H and O–H groups in total. The summed E-state index contributed by atoms with van der Waals surface area (Å²) < 4.78 is 4.47. The summed E-state index contributed by atoms with van der Waals surface area (Å²) >= 11 is 0. The third-order valence-electron chi connectivity index (χ3n) is 4.28. The van der Waals surface area contributed by atoms with Crippen molar-refractivity contribution < 1.29 is 14.3 Å². The second kappa shape index (κ2) is 8.20. The largest absolute Gasteiger partial charge is 0.453 e. The molecular formula is C20H21N3O3. The van der Waals surface area contributed by atoms with Gasteiger partial charge in [0.1, 0.15) is 0 Å². The predicted molar refractivity (Wildman–Crippen MR) is 100 cm³/mol. The van der Waals surface area contributed by atoms with E-state index in [1.165, 1.54) is 7.11 Å². The number of fused-ring (bicyclic) bond motifs is 1. The Hall–Kier alpha value is -3.28. The summed E-state index contributed by atoms with van der Waals surface area (Å²) in [5, 5.41) is 6.40. The van der Waals surface area contributed by atoms with Crippen molar-refractivity contribution in [1.82, 2.24) is 15.6 Å². The van der Waals surface area contributed by atoms with Gasteiger partial charge in [0.25, 0.3) is 0 Å². The molecule has 1 heterocycles. The number of para-hydroxylation sites is 1. The van der Waals surface area contributed by atoms with Crippen molar-refractivity contribution in [2.24, 2.45) is 0 Å². The summed E-state index contributed by atoms with van der Waals surface area (Å²) in [6, 6.07) is 18.1. The van der Waals surface area contributed by atoms with Crippen LogP contribution >= 0.6 is 0 Å². The molecule has 1 aromatic heterocycles. The number of ether oxygens (including phenoxy) is 1. The van der Waals surface area contributed by atoms with E-state index < -0.39 is 6.09 Å². The molecule has 0 fully saturated rings. The van der Waals surface area contributed by atoms with Crippen LogP contribution in [0, 0.1) is 0 Å². The minimum Gasteiger partial charge on any atom is -0.453 e. The van der Waals surface area contributed by atoms with Crippen molar-refractivity contribution in [1.29, 1.82) is 0 Å². The average molecular weight is 351 g/mol. The van der Waals surface area contributed by atoms with Gasteiger partial charge >= 0.3 is 6.09 Å². The average Bonchev–Trinajstić information content (AvgIpc) is 3.11. The monoisotopic (exact) mass is 351 g/mol. The number of H-pyrrole nitrogens is 1. The Morgan fingerprint density at radius 3 is 2.54 bits per heavy atom. The first-order chi connectivity index (χ1) is 12.7. The lowest BCUT2D eigenvalue weighted by atomic mass is 9.91. The van der Waals surface area contributed by atoms with E-state index in [0.717, 1.165) is 22.0 Å². The molecule has 0 aliphatic rings. The van der Waals surface area contributed by atoms with E-state index in [4.69, 9.17) is 0 Å². The summed E-state index contributed by atoms with van der Waals surface area (Å²) in [7, 11) is 1.26. The van der Waals surface area contributed by atoms with Crippen LogP contribution in [0.4, 0.5) is 4.79 Å². The van der Waals surface area contributed by atoms with Crippen molar-refractivity contribution in [3.63, 3.8) is 0 Å². The lowest BCUT2D eigenvalue weighted by Gasteiger charge is -2.18. The minimum absolute atomic E-state index is 0.00516. The van der Waals surface area contributed by atoms with Crippen LogP contribution in [0.15, 0.2) is 60.8 Å². The summed E-state index contributed by atoms with van der Waals surface area (Å²) in [5.74, 6) is -0.273. The summed E-state index contributed by atoms with van der Waals surface area (Å²) in [4.78, 5) is 26.4. The fourth-order valence-electron chi connectivity index (χ4n) is 2.98. The molecule has 0 spiro atoms. The number of hydrogen-bond acceptors (Lipinski definition) is 3. The lowest BCUT2D eigenvalue weighted by Crippen LogP contribution is -2.38. The summed E-state index contributed by atoms with van der Waals surface area (Å²) in [6.07, 6.45) is 1.36. The van der Waals surface area contributed by atoms with E-state index in [0.29, 0.717) is 6.54 Å². The molecule has 0 aliphatic heterocycles. The number of rotatable bonds is 6. The smallest absolute Gasteiger partial charge is 0.407 e. The topological polar surface area (TPSA) is 83.2 Å². The molecule has 0 bridgehead atoms. The third-order valence-corrected chi connectivity index (χ3v) is 4.28. The van der Waals surface area contributed by atoms with Crippen molar-refractivity contribution in [2.45, 2.75) is 5.92 Å². The fraction of sp³-hybridized carbons (Fsp3) is 0.200. The van der Waals surface area contributed by atoms with Gasteiger partial charge in [-0.15, -0.1) is 0 Å². The van der Waals surface area contributed by atoms with Gasteiger partial charge in [-0.1, -0.05) is 48.5 Å². The molecule has 2 amide bonds. The van der Waals surface area contributed by atoms with E-state index in [-0.39, 0.29) is 18.4 Å². The standard InChI is InChI=1S/C20H21N3O3/c1-26-20(25)23-13-19(24)22-11-16(14-7-3-2-4-8-14)17-12-21-18-10-6-5-9-15(17)18/h2-10,12,16,21H,11,13H2,1H3,(H,22,24)(H,23,25)/t16-/m0/s1. The van der Waals surface area contributed by atoms with Crippen LogP contribution in [-0.4, -0.2) is 37.2 Å². The number of carbonyl (C=O) groups is 2. The van der Waals surface area contributed by atoms with Crippen molar-refractivity contribution in [2.75, 3.05) is 20.2 Å². The van der Waals surface area contributed by atoms with Crippen LogP contribution in [0.3, 0.4) is 0 Å². The van der Waals surface area contributed by atoms with E-state index >= 15 is 0 Å². The first-order valence-electron chi connectivity index (χ1n) is 8.38. The highest BCUT2D eigenvalue weighted by atomic mass is 16.5. The molecule has 6 heteroatoms. The number of benzene rings is 2. The highest BCUT2D eigenvalue weighted by molar-refractivity contribution is 5.85. The Bertz CT molecular complexity index is 889. The van der Waals surface area contributed by atoms with E-state index in [1.54, 1.807) is 0 Å². The van der Waals surface area contributed by atoms with Gasteiger partial charge in [0.2, 0.25) is 5.91 Å². The van der Waals surface area contributed by atoms with Gasteiger partial charge in [0, 0.05) is 29.6 Å². The van der Waals surface area contributed by atoms with Gasteiger partial charge in [-0.05, 0) is 17.2 Å². The maximum absolute atomic E-state index is 12.0. The van der Waals surface area contributed by atoms with E-state index in [2.05, 4.69) is 26.4 Å². The van der Waals surface area contributed by atoms with Crippen molar-refractivity contribution in [3.8, 4) is 0 Å². The van der Waals surface area contributed by atoms with Crippen LogP contribution in [0.25, 0.3) is 10.9 Å². The highest BCUT2D eigenvalue weighted by Gasteiger charge is 2.19. The summed E-state index contributed by atoms with van der Waals surface area (Å²) in [5.41, 5.74) is 3.29. The normalized spacial score (nSPS) is 11.7. The fourth-order valence-corrected chi connectivity index (χ4v) is 2.98. The maximum Gasteiger partial charge on any atom is 0.407 e. The first-order valence-corrected chi connectivity index (χ1v) is 8.38. The van der Waals surface area contributed by atoms with Gasteiger partial charge in [0.05, 0.1) is 13.7 Å². The molecular weight excluding hydrogens is 330 g/mol. The molecule has 6 nitrogen and oxygen atoms in total. The second-order valence-electron chi connectivity index (χ2n) is 5.90. The molecule has 0 saturated carbocycles. The number of aromatic nitrogens is 1. The molecule has 3 rings (SSSR count). The Morgan fingerprint density at radius 1 is 1.04 bits per heavy atom. The Kier molecular flexibility index (Phi) is 5.53. The molecule has 3 aromatic rings. The van der Waals surface area contributed by atoms with Crippen molar-refractivity contribution >= 4 is 22.9 Å². The van der Waals surface area contributed by atoms with Gasteiger partial charge in [0.15, 0.2) is 0 Å². The maximum atomic E-state index is 12.0. The van der Waals surface area contributed by atoms with Gasteiger partial charge in [-0.25, -0.2) is 4.79 Å². The van der Waals surface area contributed by atoms with E-state index in [9.17, 15) is 9.59 Å².